The van der Waals surface area contributed by atoms with E-state index in [1.165, 1.54) is 0 Å². The minimum Gasteiger partial charge on any atom is -0.490 e. The molecule has 3 aromatic carbocycles. The molecule has 3 aromatic rings. The van der Waals surface area contributed by atoms with E-state index in [1.807, 2.05) is 55.0 Å². The molecule has 210 valence electrons. The highest BCUT2D eigenvalue weighted by Crippen LogP contribution is 2.29. The second-order valence-corrected chi connectivity index (χ2v) is 11.7. The molecular weight excluding hydrogens is 540 g/mol. The van der Waals surface area contributed by atoms with Crippen LogP contribution in [0.3, 0.4) is 0 Å². The van der Waals surface area contributed by atoms with Crippen LogP contribution in [0.5, 0.6) is 5.75 Å². The molecule has 10 heteroatoms. The first kappa shape index (κ1) is 30.6. The van der Waals surface area contributed by atoms with Gasteiger partial charge in [0, 0.05) is 18.2 Å². The van der Waals surface area contributed by atoms with Crippen molar-refractivity contribution in [1.82, 2.24) is 10.0 Å². The number of halogens is 1. The number of ether oxygens (including phenoxy) is 1. The number of sulfonamides is 1. The van der Waals surface area contributed by atoms with E-state index in [1.54, 1.807) is 30.3 Å². The number of carbonyl (C=O) groups is 1. The summed E-state index contributed by atoms with van der Waals surface area (Å²) in [7, 11) is -3.87. The molecule has 1 amide bonds. The van der Waals surface area contributed by atoms with Gasteiger partial charge in [0.15, 0.2) is 0 Å². The van der Waals surface area contributed by atoms with Crippen LogP contribution in [0, 0.1) is 0 Å². The largest absolute Gasteiger partial charge is 0.490 e. The Morgan fingerprint density at radius 3 is 2.41 bits per heavy atom. The first-order chi connectivity index (χ1) is 18.6. The summed E-state index contributed by atoms with van der Waals surface area (Å²) in [6, 6.07) is 20.2. The molecule has 0 bridgehead atoms. The van der Waals surface area contributed by atoms with Gasteiger partial charge in [0.25, 0.3) is 5.91 Å². The van der Waals surface area contributed by atoms with E-state index in [2.05, 4.69) is 5.32 Å². The molecule has 0 aliphatic carbocycles. The predicted molar refractivity (Wildman–Crippen MR) is 154 cm³/mol. The van der Waals surface area contributed by atoms with Gasteiger partial charge in [-0.2, -0.15) is 0 Å². The van der Waals surface area contributed by atoms with E-state index in [-0.39, 0.29) is 36.2 Å². The summed E-state index contributed by atoms with van der Waals surface area (Å²) in [6.45, 7) is 4.47. The lowest BCUT2D eigenvalue weighted by Crippen LogP contribution is -2.33. The molecular formula is C29H35ClN2O6S. The lowest BCUT2D eigenvalue weighted by atomic mass is 10.0. The van der Waals surface area contributed by atoms with Gasteiger partial charge in [0.2, 0.25) is 10.0 Å². The van der Waals surface area contributed by atoms with Crippen LogP contribution in [0.15, 0.2) is 66.7 Å². The molecule has 0 aromatic heterocycles. The number of nitrogens with one attached hydrogen (secondary N) is 2. The lowest BCUT2D eigenvalue weighted by molar-refractivity contribution is 0.0975. The second-order valence-electron chi connectivity index (χ2n) is 9.43. The Morgan fingerprint density at radius 1 is 1.03 bits per heavy atom. The maximum Gasteiger partial charge on any atom is 0.268 e. The van der Waals surface area contributed by atoms with Crippen molar-refractivity contribution in [3.05, 3.63) is 88.4 Å². The van der Waals surface area contributed by atoms with E-state index in [0.717, 1.165) is 28.7 Å². The van der Waals surface area contributed by atoms with Crippen molar-refractivity contribution in [2.24, 2.45) is 0 Å². The molecule has 0 saturated heterocycles. The van der Waals surface area contributed by atoms with E-state index < -0.39 is 22.0 Å². The van der Waals surface area contributed by atoms with Crippen molar-refractivity contribution in [3.63, 3.8) is 0 Å². The fraction of sp³-hybridized carbons (Fsp3) is 0.345. The van der Waals surface area contributed by atoms with Crippen LogP contribution in [0.4, 0.5) is 0 Å². The monoisotopic (exact) mass is 574 g/mol. The molecule has 0 unspecified atom stereocenters. The molecule has 4 N–H and O–H groups in total. The summed E-state index contributed by atoms with van der Waals surface area (Å²) >= 11 is 5.99. The molecule has 8 nitrogen and oxygen atoms in total. The number of carbonyl (C=O) groups excluding carboxylic acids is 1. The minimum absolute atomic E-state index is 0.0356. The Morgan fingerprint density at radius 2 is 1.74 bits per heavy atom. The fourth-order valence-electron chi connectivity index (χ4n) is 3.91. The molecule has 0 aliphatic rings. The van der Waals surface area contributed by atoms with Gasteiger partial charge >= 0.3 is 0 Å². The highest BCUT2D eigenvalue weighted by molar-refractivity contribution is 7.90. The maximum absolute atomic E-state index is 12.7. The van der Waals surface area contributed by atoms with Crippen LogP contribution >= 0.6 is 11.6 Å². The number of amides is 1. The van der Waals surface area contributed by atoms with Crippen LogP contribution in [0.25, 0.3) is 11.1 Å². The number of benzene rings is 3. The van der Waals surface area contributed by atoms with Crippen molar-refractivity contribution in [2.75, 3.05) is 25.4 Å². The van der Waals surface area contributed by atoms with Crippen LogP contribution in [-0.4, -0.2) is 56.1 Å². The van der Waals surface area contributed by atoms with Gasteiger partial charge in [-0.3, -0.25) is 4.79 Å². The van der Waals surface area contributed by atoms with E-state index in [0.29, 0.717) is 18.1 Å². The zero-order chi connectivity index (χ0) is 28.4. The van der Waals surface area contributed by atoms with Gasteiger partial charge in [0.05, 0.1) is 23.5 Å². The quantitative estimate of drug-likeness (QED) is 0.214. The first-order valence-corrected chi connectivity index (χ1v) is 14.8. The summed E-state index contributed by atoms with van der Waals surface area (Å²) in [6.07, 6.45) is -0.0636. The summed E-state index contributed by atoms with van der Waals surface area (Å²) in [4.78, 5) is 12.7. The SMILES string of the molecule is CC(C)Oc1cc(-c2ccc(CCNC[C@@H](O)c3cccc(Cl)c3)cc2)ccc1C(=O)NS(=O)(=O)CCCO. The molecule has 0 saturated carbocycles. The molecule has 0 fully saturated rings. The second kappa shape index (κ2) is 14.4. The predicted octanol–water partition coefficient (Wildman–Crippen LogP) is 4.10. The lowest BCUT2D eigenvalue weighted by Gasteiger charge is -2.16. The normalized spacial score (nSPS) is 12.4. The number of hydrogen-bond acceptors (Lipinski definition) is 7. The van der Waals surface area contributed by atoms with E-state index >= 15 is 0 Å². The number of rotatable bonds is 14. The van der Waals surface area contributed by atoms with Crippen LogP contribution in [0.1, 0.15) is 47.9 Å². The highest BCUT2D eigenvalue weighted by atomic mass is 35.5. The van der Waals surface area contributed by atoms with E-state index in [9.17, 15) is 18.3 Å². The Hall–Kier alpha value is -2.95. The van der Waals surface area contributed by atoms with Gasteiger partial charge in [-0.05, 0) is 79.8 Å². The Labute approximate surface area is 235 Å². The minimum atomic E-state index is -3.87. The highest BCUT2D eigenvalue weighted by Gasteiger charge is 2.20. The average molecular weight is 575 g/mol. The standard InChI is InChI=1S/C29H35ClN2O6S/c1-20(2)38-28-18-23(11-12-26(28)29(35)32-39(36,37)16-4-15-33)22-9-7-21(8-10-22)13-14-31-19-27(34)24-5-3-6-25(30)17-24/h3,5-12,17-18,20,27,31,33-34H,4,13-16,19H2,1-2H3,(H,32,35)/t27-/m1/s1. The zero-order valence-corrected chi connectivity index (χ0v) is 23.6. The molecule has 0 radical (unpaired) electrons. The summed E-state index contributed by atoms with van der Waals surface area (Å²) in [5.74, 6) is -0.847. The fourth-order valence-corrected chi connectivity index (χ4v) is 5.11. The number of aliphatic hydroxyl groups is 2. The topological polar surface area (TPSA) is 125 Å². The first-order valence-electron chi connectivity index (χ1n) is 12.8. The van der Waals surface area contributed by atoms with Crippen molar-refractivity contribution in [1.29, 1.82) is 0 Å². The Kier molecular flexibility index (Phi) is 11.3. The number of aliphatic hydroxyl groups excluding tert-OH is 2. The van der Waals surface area contributed by atoms with Crippen LogP contribution in [0.2, 0.25) is 5.02 Å². The molecule has 39 heavy (non-hydrogen) atoms. The van der Waals surface area contributed by atoms with Gasteiger partial charge < -0.3 is 20.3 Å². The average Bonchev–Trinajstić information content (AvgIpc) is 2.89. The van der Waals surface area contributed by atoms with Gasteiger partial charge in [-0.25, -0.2) is 13.1 Å². The molecule has 3 rings (SSSR count). The van der Waals surface area contributed by atoms with Crippen LogP contribution in [-0.2, 0) is 16.4 Å². The van der Waals surface area contributed by atoms with Crippen molar-refractivity contribution >= 4 is 27.5 Å². The smallest absolute Gasteiger partial charge is 0.268 e. The molecule has 0 spiro atoms. The third-order valence-corrected chi connectivity index (χ3v) is 7.41. The molecule has 0 aliphatic heterocycles. The molecule has 0 heterocycles. The van der Waals surface area contributed by atoms with Crippen molar-refractivity contribution in [3.8, 4) is 16.9 Å². The Bertz CT molecular complexity index is 1350. The van der Waals surface area contributed by atoms with Crippen LogP contribution < -0.4 is 14.8 Å². The van der Waals surface area contributed by atoms with E-state index in [4.69, 9.17) is 21.4 Å². The number of hydrogen-bond donors (Lipinski definition) is 4. The third-order valence-electron chi connectivity index (χ3n) is 5.86. The van der Waals surface area contributed by atoms with Gasteiger partial charge in [-0.15, -0.1) is 0 Å². The summed E-state index contributed by atoms with van der Waals surface area (Å²) in [5, 5.41) is 23.1. The van der Waals surface area contributed by atoms with Gasteiger partial charge in [-0.1, -0.05) is 54.1 Å². The molecule has 1 atom stereocenters. The third kappa shape index (κ3) is 9.63. The van der Waals surface area contributed by atoms with Crippen molar-refractivity contribution < 1.29 is 28.2 Å². The maximum atomic E-state index is 12.7. The summed E-state index contributed by atoms with van der Waals surface area (Å²) < 4.78 is 32.1. The Balaban J connectivity index is 1.63. The summed E-state index contributed by atoms with van der Waals surface area (Å²) in [5.41, 5.74) is 3.74. The van der Waals surface area contributed by atoms with Gasteiger partial charge in [0.1, 0.15) is 5.75 Å². The van der Waals surface area contributed by atoms with Crippen molar-refractivity contribution in [2.45, 2.75) is 38.9 Å². The zero-order valence-electron chi connectivity index (χ0n) is 22.1.